The standard InChI is InChI=1S/C17H16FNO2/c1-11-16(19(2)17(20)21-11)13-8-9-14(15(18)10-13)12-6-4-3-5-7-12/h3-11,16H,1-2H3. The van der Waals surface area contributed by atoms with Gasteiger partial charge >= 0.3 is 6.09 Å². The Morgan fingerprint density at radius 1 is 1.14 bits per heavy atom. The van der Waals surface area contributed by atoms with Crippen LogP contribution in [0.3, 0.4) is 0 Å². The van der Waals surface area contributed by atoms with Crippen molar-refractivity contribution in [3.05, 3.63) is 59.9 Å². The highest BCUT2D eigenvalue weighted by atomic mass is 19.1. The molecule has 4 heteroatoms. The van der Waals surface area contributed by atoms with Crippen LogP contribution in [0, 0.1) is 5.82 Å². The first-order chi connectivity index (χ1) is 10.1. The summed E-state index contributed by atoms with van der Waals surface area (Å²) in [6.45, 7) is 1.81. The fraction of sp³-hybridized carbons (Fsp3) is 0.235. The lowest BCUT2D eigenvalue weighted by atomic mass is 9.97. The SMILES string of the molecule is CC1OC(=O)N(C)C1c1ccc(-c2ccccc2)c(F)c1. The van der Waals surface area contributed by atoms with Gasteiger partial charge < -0.3 is 9.64 Å². The van der Waals surface area contributed by atoms with E-state index in [1.807, 2.05) is 43.3 Å². The summed E-state index contributed by atoms with van der Waals surface area (Å²) in [7, 11) is 1.67. The van der Waals surface area contributed by atoms with Gasteiger partial charge in [-0.05, 0) is 24.1 Å². The summed E-state index contributed by atoms with van der Waals surface area (Å²) in [6, 6.07) is 14.2. The van der Waals surface area contributed by atoms with E-state index in [4.69, 9.17) is 4.74 Å². The number of cyclic esters (lactones) is 1. The monoisotopic (exact) mass is 285 g/mol. The Labute approximate surface area is 123 Å². The number of carbonyl (C=O) groups excluding carboxylic acids is 1. The van der Waals surface area contributed by atoms with Gasteiger partial charge in [-0.3, -0.25) is 0 Å². The van der Waals surface area contributed by atoms with Crippen molar-refractivity contribution in [2.45, 2.75) is 19.1 Å². The van der Waals surface area contributed by atoms with Gasteiger partial charge in [-0.2, -0.15) is 0 Å². The molecule has 1 aliphatic heterocycles. The molecule has 3 rings (SSSR count). The molecule has 108 valence electrons. The second-order valence-corrected chi connectivity index (χ2v) is 5.25. The van der Waals surface area contributed by atoms with Crippen molar-refractivity contribution < 1.29 is 13.9 Å². The average Bonchev–Trinajstić information content (AvgIpc) is 2.73. The van der Waals surface area contributed by atoms with Crippen molar-refractivity contribution in [3.8, 4) is 11.1 Å². The van der Waals surface area contributed by atoms with Gasteiger partial charge in [0, 0.05) is 12.6 Å². The molecule has 2 aromatic carbocycles. The predicted molar refractivity (Wildman–Crippen MR) is 78.3 cm³/mol. The summed E-state index contributed by atoms with van der Waals surface area (Å²) >= 11 is 0. The van der Waals surface area contributed by atoms with Gasteiger partial charge in [0.1, 0.15) is 11.9 Å². The van der Waals surface area contributed by atoms with Crippen molar-refractivity contribution >= 4 is 6.09 Å². The second kappa shape index (κ2) is 5.20. The topological polar surface area (TPSA) is 29.5 Å². The van der Waals surface area contributed by atoms with Crippen LogP contribution in [0.25, 0.3) is 11.1 Å². The molecule has 0 aliphatic carbocycles. The number of amides is 1. The average molecular weight is 285 g/mol. The number of benzene rings is 2. The minimum absolute atomic E-state index is 0.253. The molecule has 0 radical (unpaired) electrons. The maximum absolute atomic E-state index is 14.4. The van der Waals surface area contributed by atoms with E-state index in [9.17, 15) is 9.18 Å². The maximum atomic E-state index is 14.4. The highest BCUT2D eigenvalue weighted by Gasteiger charge is 2.37. The van der Waals surface area contributed by atoms with Crippen molar-refractivity contribution in [2.75, 3.05) is 7.05 Å². The highest BCUT2D eigenvalue weighted by molar-refractivity contribution is 5.71. The molecule has 1 fully saturated rings. The summed E-state index contributed by atoms with van der Waals surface area (Å²) in [6.07, 6.45) is -0.662. The zero-order valence-electron chi connectivity index (χ0n) is 11.9. The van der Waals surface area contributed by atoms with Crippen molar-refractivity contribution in [2.24, 2.45) is 0 Å². The number of nitrogens with zero attached hydrogens (tertiary/aromatic N) is 1. The number of rotatable bonds is 2. The van der Waals surface area contributed by atoms with Crippen molar-refractivity contribution in [1.82, 2.24) is 4.90 Å². The highest BCUT2D eigenvalue weighted by Crippen LogP contribution is 2.34. The van der Waals surface area contributed by atoms with Crippen LogP contribution in [0.1, 0.15) is 18.5 Å². The second-order valence-electron chi connectivity index (χ2n) is 5.25. The number of halogens is 1. The molecule has 21 heavy (non-hydrogen) atoms. The van der Waals surface area contributed by atoms with Crippen LogP contribution < -0.4 is 0 Å². The first-order valence-corrected chi connectivity index (χ1v) is 6.86. The molecule has 1 heterocycles. The summed E-state index contributed by atoms with van der Waals surface area (Å²) in [5, 5.41) is 0. The molecule has 2 unspecified atom stereocenters. The van der Waals surface area contributed by atoms with Crippen LogP contribution in [0.2, 0.25) is 0 Å². The zero-order valence-corrected chi connectivity index (χ0v) is 11.9. The minimum Gasteiger partial charge on any atom is -0.444 e. The molecule has 0 aromatic heterocycles. The number of likely N-dealkylation sites (N-methyl/N-ethyl adjacent to an activating group) is 1. The van der Waals surface area contributed by atoms with E-state index >= 15 is 0 Å². The molecular weight excluding hydrogens is 269 g/mol. The third kappa shape index (κ3) is 2.37. The van der Waals surface area contributed by atoms with E-state index in [0.717, 1.165) is 11.1 Å². The molecule has 1 saturated heterocycles. The molecule has 1 amide bonds. The quantitative estimate of drug-likeness (QED) is 0.834. The molecule has 2 atom stereocenters. The minimum atomic E-state index is -0.375. The van der Waals surface area contributed by atoms with E-state index in [1.165, 1.54) is 11.0 Å². The molecule has 0 saturated carbocycles. The predicted octanol–water partition coefficient (Wildman–Crippen LogP) is 4.00. The van der Waals surface area contributed by atoms with Crippen LogP contribution in [0.4, 0.5) is 9.18 Å². The lowest BCUT2D eigenvalue weighted by Gasteiger charge is -2.20. The smallest absolute Gasteiger partial charge is 0.410 e. The Morgan fingerprint density at radius 3 is 2.43 bits per heavy atom. The lowest BCUT2D eigenvalue weighted by molar-refractivity contribution is 0.138. The Balaban J connectivity index is 1.97. The Morgan fingerprint density at radius 2 is 1.86 bits per heavy atom. The van der Waals surface area contributed by atoms with Crippen LogP contribution in [-0.4, -0.2) is 24.1 Å². The number of hydrogen-bond acceptors (Lipinski definition) is 2. The molecule has 0 N–H and O–H groups in total. The first kappa shape index (κ1) is 13.6. The third-order valence-corrected chi connectivity index (χ3v) is 3.86. The first-order valence-electron chi connectivity index (χ1n) is 6.86. The molecule has 0 bridgehead atoms. The Hall–Kier alpha value is -2.36. The zero-order chi connectivity index (χ0) is 15.0. The molecule has 1 aliphatic rings. The van der Waals surface area contributed by atoms with E-state index in [1.54, 1.807) is 13.1 Å². The van der Waals surface area contributed by atoms with Crippen molar-refractivity contribution in [1.29, 1.82) is 0 Å². The van der Waals surface area contributed by atoms with Crippen molar-refractivity contribution in [3.63, 3.8) is 0 Å². The number of carbonyl (C=O) groups is 1. The van der Waals surface area contributed by atoms with Crippen LogP contribution in [-0.2, 0) is 4.74 Å². The molecule has 2 aromatic rings. The van der Waals surface area contributed by atoms with Crippen LogP contribution in [0.5, 0.6) is 0 Å². The van der Waals surface area contributed by atoms with Gasteiger partial charge in [0.05, 0.1) is 6.04 Å². The fourth-order valence-corrected chi connectivity index (χ4v) is 2.80. The summed E-state index contributed by atoms with van der Waals surface area (Å²) in [4.78, 5) is 13.1. The van der Waals surface area contributed by atoms with Gasteiger partial charge in [-0.15, -0.1) is 0 Å². The fourth-order valence-electron chi connectivity index (χ4n) is 2.80. The van der Waals surface area contributed by atoms with Gasteiger partial charge in [0.25, 0.3) is 0 Å². The van der Waals surface area contributed by atoms with E-state index in [0.29, 0.717) is 5.56 Å². The third-order valence-electron chi connectivity index (χ3n) is 3.86. The van der Waals surface area contributed by atoms with Gasteiger partial charge in [-0.25, -0.2) is 9.18 Å². The number of ether oxygens (including phenoxy) is 1. The summed E-state index contributed by atoms with van der Waals surface area (Å²) in [5.41, 5.74) is 2.13. The van der Waals surface area contributed by atoms with E-state index < -0.39 is 0 Å². The molecule has 3 nitrogen and oxygen atoms in total. The van der Waals surface area contributed by atoms with Gasteiger partial charge in [0.2, 0.25) is 0 Å². The van der Waals surface area contributed by atoms with Gasteiger partial charge in [0.15, 0.2) is 0 Å². The normalized spacial score (nSPS) is 21.5. The van der Waals surface area contributed by atoms with Gasteiger partial charge in [-0.1, -0.05) is 42.5 Å². The van der Waals surface area contributed by atoms with Crippen LogP contribution in [0.15, 0.2) is 48.5 Å². The summed E-state index contributed by atoms with van der Waals surface area (Å²) in [5.74, 6) is -0.293. The number of hydrogen-bond donors (Lipinski definition) is 0. The molecular formula is C17H16FNO2. The Bertz CT molecular complexity index is 672. The lowest BCUT2D eigenvalue weighted by Crippen LogP contribution is -2.24. The maximum Gasteiger partial charge on any atom is 0.410 e. The van der Waals surface area contributed by atoms with E-state index in [-0.39, 0.29) is 24.1 Å². The van der Waals surface area contributed by atoms with E-state index in [2.05, 4.69) is 0 Å². The largest absolute Gasteiger partial charge is 0.444 e. The van der Waals surface area contributed by atoms with Crippen LogP contribution >= 0.6 is 0 Å². The molecule has 0 spiro atoms. The summed E-state index contributed by atoms with van der Waals surface area (Å²) < 4.78 is 19.6. The Kier molecular flexibility index (Phi) is 3.37.